The molecule has 0 aliphatic carbocycles. The molecule has 40 heteroatoms. The fourth-order valence-corrected chi connectivity index (χ4v) is 13.0. The maximum absolute atomic E-state index is 12.7. The Balaban J connectivity index is 0.00000174. The molecular formula is C110H142ClN13O25Si. The molecule has 0 radical (unpaired) electrons. The molecule has 9 aromatic carbocycles. The Kier molecular flexibility index (Phi) is 69.7. The van der Waals surface area contributed by atoms with Gasteiger partial charge in [0.05, 0.1) is 66.6 Å². The van der Waals surface area contributed by atoms with Crippen LogP contribution in [0.4, 0.5) is 51.2 Å². The Bertz CT molecular complexity index is 5360. The number of aliphatic hydroxyl groups is 1. The van der Waals surface area contributed by atoms with Crippen molar-refractivity contribution in [3.05, 3.63) is 331 Å². The molecule has 0 unspecified atom stereocenters. The highest BCUT2D eigenvalue weighted by molar-refractivity contribution is 6.74. The predicted octanol–water partition coefficient (Wildman–Crippen LogP) is 15.1. The van der Waals surface area contributed by atoms with E-state index in [0.29, 0.717) is 57.8 Å². The molecule has 38 nitrogen and oxygen atoms in total. The number of rotatable bonds is 41. The van der Waals surface area contributed by atoms with Crippen molar-refractivity contribution in [1.82, 2.24) is 15.9 Å². The number of nitrogens with zero attached hydrogens (tertiary/aromatic N) is 4. The largest absolute Gasteiger partial charge is 0.481 e. The number of hydroxylamine groups is 2. The highest BCUT2D eigenvalue weighted by atomic mass is 35.5. The van der Waals surface area contributed by atoms with Crippen molar-refractivity contribution in [3.8, 4) is 0 Å². The van der Waals surface area contributed by atoms with Crippen molar-refractivity contribution in [2.24, 2.45) is 5.90 Å². The van der Waals surface area contributed by atoms with E-state index in [4.69, 9.17) is 47.6 Å². The molecule has 0 aliphatic rings. The van der Waals surface area contributed by atoms with Crippen LogP contribution in [0.3, 0.4) is 0 Å². The van der Waals surface area contributed by atoms with E-state index in [-0.39, 0.29) is 70.4 Å². The van der Waals surface area contributed by atoms with E-state index in [9.17, 15) is 77.0 Å². The Hall–Kier alpha value is -16.2. The first-order valence-corrected chi connectivity index (χ1v) is 50.1. The Morgan fingerprint density at radius 3 is 0.873 bits per heavy atom. The summed E-state index contributed by atoms with van der Waals surface area (Å²) in [7, 11) is 2.08. The van der Waals surface area contributed by atoms with Crippen LogP contribution in [0.2, 0.25) is 18.1 Å². The number of hydrogen-bond donors (Lipinski definition) is 15. The summed E-state index contributed by atoms with van der Waals surface area (Å²) in [6, 6.07) is 72.3. The molecule has 808 valence electrons. The number of carboxylic acids is 2. The number of halogens is 1. The van der Waals surface area contributed by atoms with Crippen molar-refractivity contribution in [1.29, 1.82) is 0 Å². The van der Waals surface area contributed by atoms with Crippen LogP contribution in [0.1, 0.15) is 103 Å². The number of benzene rings is 9. The van der Waals surface area contributed by atoms with Gasteiger partial charge < -0.3 is 91.1 Å². The van der Waals surface area contributed by atoms with Crippen LogP contribution >= 0.6 is 11.6 Å². The lowest BCUT2D eigenvalue weighted by Crippen LogP contribution is -2.41. The van der Waals surface area contributed by atoms with Gasteiger partial charge in [0.2, 0.25) is 46.6 Å². The van der Waals surface area contributed by atoms with Gasteiger partial charge in [0, 0.05) is 138 Å². The third kappa shape index (κ3) is 60.6. The molecule has 0 aliphatic heterocycles. The normalized spacial score (nSPS) is 10.4. The number of methoxy groups -OCH3 is 3. The zero-order valence-corrected chi connectivity index (χ0v) is 87.7. The molecule has 0 fully saturated rings. The van der Waals surface area contributed by atoms with Gasteiger partial charge in [0.15, 0.2) is 8.32 Å². The van der Waals surface area contributed by atoms with Gasteiger partial charge in [-0.1, -0.05) is 196 Å². The van der Waals surface area contributed by atoms with Gasteiger partial charge in [-0.2, -0.15) is 0 Å². The second-order valence-electron chi connectivity index (χ2n) is 32.5. The van der Waals surface area contributed by atoms with E-state index in [1.54, 1.807) is 143 Å². The lowest BCUT2D eigenvalue weighted by atomic mass is 10.1. The molecular weight excluding hydrogens is 1970 g/mol. The van der Waals surface area contributed by atoms with Crippen LogP contribution in [-0.2, 0) is 123 Å². The fourth-order valence-electron chi connectivity index (χ4n) is 11.9. The molecule has 0 saturated heterocycles. The smallest absolute Gasteiger partial charge is 0.330 e. The summed E-state index contributed by atoms with van der Waals surface area (Å²) in [5.74, 6) is -3.75. The minimum absolute atomic E-state index is 0. The highest BCUT2D eigenvalue weighted by Gasteiger charge is 2.37. The van der Waals surface area contributed by atoms with E-state index in [2.05, 4.69) is 118 Å². The third-order valence-corrected chi connectivity index (χ3v) is 25.1. The van der Waals surface area contributed by atoms with Gasteiger partial charge in [-0.25, -0.2) is 31.2 Å². The Labute approximate surface area is 882 Å². The number of carboxylic acid groups (broad SMARTS) is 2. The molecule has 150 heavy (non-hydrogen) atoms. The number of carbonyl (C=O) groups is 15. The summed E-state index contributed by atoms with van der Waals surface area (Å²) < 4.78 is 19.0. The topological polar surface area (TPSA) is 564 Å². The molecule has 9 aromatic rings. The Morgan fingerprint density at radius 2 is 0.627 bits per heavy atom. The molecule has 9 rings (SSSR count). The number of ether oxygens (including phenoxy) is 3. The van der Waals surface area contributed by atoms with Crippen molar-refractivity contribution in [2.45, 2.75) is 126 Å². The van der Waals surface area contributed by atoms with Gasteiger partial charge in [0.1, 0.15) is 0 Å². The molecule has 0 heterocycles. The SMILES string of the molecule is C.CC(C)(C)[Si](C)(C)OCCNc1ccccc1.CCCN(C(=O)Cc1ccc(NC(=O)/C=C/C(=O)NO)cc1)c1ccccc1.CCCN(C(=O)Cc1ccc(NC(=O)/C=C/C(=O)OC)cc1)c1ccccc1.CCN(CC)CC.COC(=O)/C=C/C(=O)Cl.COC(=O)/C=C/C(=O)Nc1ccc(CC(=O)O)cc1.NO.Nc1ccc(CC(=O)O)cc1.O=C(/C=C/C(=O)Nc1ccc(CC(=O)N(CCO)c2ccccc2)cc1)NO. The van der Waals surface area contributed by atoms with Gasteiger partial charge in [-0.15, -0.1) is 0 Å². The molecule has 0 atom stereocenters. The number of para-hydroxylation sites is 4. The first-order valence-electron chi connectivity index (χ1n) is 46.8. The molecule has 17 N–H and O–H groups in total. The minimum Gasteiger partial charge on any atom is -0.481 e. The van der Waals surface area contributed by atoms with Crippen molar-refractivity contribution >= 4 is 159 Å². The van der Waals surface area contributed by atoms with E-state index in [1.165, 1.54) is 56.8 Å². The number of hydrogen-bond acceptors (Lipinski definition) is 27. The standard InChI is InChI=1S/C22H24N2O4.C21H23N3O4.C20H21N3O5.C14H25NOSi.C13H13NO5.C8H9NO2.C6H15N.C5H5ClO3.CH4.H3NO/c1-3-15-24(19-7-5-4-6-8-19)21(26)16-17-9-11-18(12-10-17)23-20(25)13-14-22(27)28-2;1-2-14-24(18-6-4-3-5-7-18)21(27)15-16-8-10-17(11-9-16)22-19(25)12-13-20(26)23-28;24-13-12-23(17-4-2-1-3-5-17)20(27)14-15-6-8-16(9-7-15)21-18(25)10-11-19(26)22-28;1-14(2,3)17(4,5)16-12-11-15-13-9-7-6-8-10-13;1-19-13(18)7-6-11(15)14-10-4-2-9(3-5-10)8-12(16)17;9-7-3-1-6(2-4-7)5-8(10)11;1-4-7(5-2)6-3;1-9-5(8)3-2-4(6)7;;1-2/h4-14H,3,15-16H2,1-2H3,(H,23,25);3-13,28H,2,14-15H2,1H3,(H,22,25)(H,23,26);1-11,24,28H,12-14H2,(H,21,25)(H,22,26);6-10,15H,11-12H2,1-5H3;2-7H,8H2,1H3,(H,14,15)(H,16,17);1-4H,5,9H2,(H,10,11);4-6H2,1-3H3;2-3H,1H3;1H4;2H,1H2/b14-13+;13-12+;11-10+;;7-6+;;;3-2+;;. The summed E-state index contributed by atoms with van der Waals surface area (Å²) in [6.07, 6.45) is 12.2. The summed E-state index contributed by atoms with van der Waals surface area (Å²) in [5.41, 5.74) is 18.4. The van der Waals surface area contributed by atoms with E-state index < -0.39 is 78.8 Å². The van der Waals surface area contributed by atoms with Gasteiger partial charge in [-0.3, -0.25) is 67.9 Å². The van der Waals surface area contributed by atoms with Gasteiger partial charge >= 0.3 is 29.8 Å². The molecule has 0 spiro atoms. The first kappa shape index (κ1) is 134. The van der Waals surface area contributed by atoms with Crippen molar-refractivity contribution < 1.29 is 121 Å². The number of anilines is 9. The van der Waals surface area contributed by atoms with Crippen LogP contribution in [0.15, 0.2) is 303 Å². The molecule has 0 bridgehead atoms. The summed E-state index contributed by atoms with van der Waals surface area (Å²) in [5, 5.41) is 62.8. The summed E-state index contributed by atoms with van der Waals surface area (Å²) >= 11 is 4.85. The fraction of sp³-hybridized carbons (Fsp3) is 0.282. The number of aliphatic carboxylic acids is 2. The molecule has 9 amide bonds. The average Bonchev–Trinajstić information content (AvgIpc) is 0.811. The van der Waals surface area contributed by atoms with Crippen molar-refractivity contribution in [2.75, 3.05) is 127 Å². The summed E-state index contributed by atoms with van der Waals surface area (Å²) in [4.78, 5) is 176. The van der Waals surface area contributed by atoms with Crippen molar-refractivity contribution in [3.63, 3.8) is 0 Å². The number of carbonyl (C=O) groups excluding carboxylic acids is 13. The average molecular weight is 2110 g/mol. The van der Waals surface area contributed by atoms with Crippen LogP contribution in [0, 0.1) is 0 Å². The summed E-state index contributed by atoms with van der Waals surface area (Å²) in [6.45, 7) is 28.6. The van der Waals surface area contributed by atoms with Crippen LogP contribution in [0.25, 0.3) is 0 Å². The number of amides is 9. The molecule has 0 saturated carbocycles. The lowest BCUT2D eigenvalue weighted by molar-refractivity contribution is -0.137. The van der Waals surface area contributed by atoms with E-state index in [1.807, 2.05) is 111 Å². The van der Waals surface area contributed by atoms with Gasteiger partial charge in [0.25, 0.3) is 11.8 Å². The number of aliphatic hydroxyl groups excluding tert-OH is 1. The number of nitrogens with two attached hydrogens (primary N) is 2. The zero-order valence-electron chi connectivity index (χ0n) is 85.9. The quantitative estimate of drug-likeness (QED) is 0.00195. The Morgan fingerprint density at radius 1 is 0.367 bits per heavy atom. The van der Waals surface area contributed by atoms with E-state index >= 15 is 0 Å². The predicted molar refractivity (Wildman–Crippen MR) is 586 cm³/mol. The number of esters is 3. The lowest BCUT2D eigenvalue weighted by Gasteiger charge is -2.36. The maximum Gasteiger partial charge on any atom is 0.330 e. The second-order valence-corrected chi connectivity index (χ2v) is 37.7. The van der Waals surface area contributed by atoms with E-state index in [0.717, 1.165) is 126 Å². The number of allylic oxidation sites excluding steroid dienone is 1. The second kappa shape index (κ2) is 78.1. The maximum atomic E-state index is 12.7. The third-order valence-electron chi connectivity index (χ3n) is 20.5. The highest BCUT2D eigenvalue weighted by Crippen LogP contribution is 2.36. The zero-order chi connectivity index (χ0) is 111. The van der Waals surface area contributed by atoms with Crippen LogP contribution in [0.5, 0.6) is 0 Å². The van der Waals surface area contributed by atoms with Crippen LogP contribution < -0.4 is 63.9 Å². The van der Waals surface area contributed by atoms with Crippen LogP contribution in [-0.4, -0.2) is 213 Å². The number of nitrogens with one attached hydrogen (secondary N) is 7. The first-order chi connectivity index (χ1) is 71.1. The minimum atomic E-state index is -1.58. The van der Waals surface area contributed by atoms with Gasteiger partial charge in [-0.05, 0) is 199 Å². The molecule has 0 aromatic heterocycles. The monoisotopic (exact) mass is 2110 g/mol. The number of nitrogen functional groups attached to an aromatic ring is 1.